The lowest BCUT2D eigenvalue weighted by Crippen LogP contribution is -2.38. The molecular formula is C15H20N4O8. The second kappa shape index (κ2) is 9.42. The minimum Gasteiger partial charge on any atom is -0.394 e. The second-order valence-electron chi connectivity index (χ2n) is 5.51. The minimum atomic E-state index is -1.49. The van der Waals surface area contributed by atoms with Crippen molar-refractivity contribution in [3.63, 3.8) is 0 Å². The minimum absolute atomic E-state index is 0.0711. The van der Waals surface area contributed by atoms with Gasteiger partial charge in [0.1, 0.15) is 30.5 Å². The predicted octanol–water partition coefficient (Wildman–Crippen LogP) is -4.23. The first-order chi connectivity index (χ1) is 12.9. The number of carbonyl (C=O) groups is 1. The van der Waals surface area contributed by atoms with Crippen molar-refractivity contribution in [3.05, 3.63) is 32.6 Å². The lowest BCUT2D eigenvalue weighted by Gasteiger charge is -2.17. The standard InChI is InChI=1S/C15H20N4O8/c1-16-26-7-10(21)17-4-2-3-8-5-19(15(25)18-13(8)24)14-12(23)11(22)9(6-20)27-14/h5,9,11-12,14,16,20,22-23H,4,6-7H2,1H3,(H,17,21)(H,18,24,25). The first kappa shape index (κ1) is 20.8. The van der Waals surface area contributed by atoms with Crippen LogP contribution in [0, 0.1) is 11.8 Å². The average Bonchev–Trinajstić information content (AvgIpc) is 2.93. The largest absolute Gasteiger partial charge is 0.394 e. The van der Waals surface area contributed by atoms with Gasteiger partial charge in [0.25, 0.3) is 5.56 Å². The van der Waals surface area contributed by atoms with Crippen LogP contribution < -0.4 is 22.0 Å². The highest BCUT2D eigenvalue weighted by Gasteiger charge is 2.43. The summed E-state index contributed by atoms with van der Waals surface area (Å²) in [6.07, 6.45) is -4.20. The average molecular weight is 384 g/mol. The number of carbonyl (C=O) groups excluding carboxylic acids is 1. The number of aliphatic hydroxyl groups is 3. The highest BCUT2D eigenvalue weighted by molar-refractivity contribution is 5.77. The van der Waals surface area contributed by atoms with Gasteiger partial charge < -0.3 is 25.4 Å². The number of hydrogen-bond acceptors (Lipinski definition) is 9. The van der Waals surface area contributed by atoms with Crippen LogP contribution in [0.4, 0.5) is 0 Å². The Bertz CT molecular complexity index is 839. The van der Waals surface area contributed by atoms with E-state index < -0.39 is 48.3 Å². The quantitative estimate of drug-likeness (QED) is 0.210. The van der Waals surface area contributed by atoms with Crippen LogP contribution in [0.25, 0.3) is 0 Å². The fourth-order valence-corrected chi connectivity index (χ4v) is 2.34. The molecule has 1 aliphatic heterocycles. The van der Waals surface area contributed by atoms with Crippen LogP contribution in [0.5, 0.6) is 0 Å². The molecule has 148 valence electrons. The first-order valence-corrected chi connectivity index (χ1v) is 7.91. The lowest BCUT2D eigenvalue weighted by molar-refractivity contribution is -0.127. The Hall–Kier alpha value is -2.53. The number of amides is 1. The summed E-state index contributed by atoms with van der Waals surface area (Å²) in [5.74, 6) is 4.61. The van der Waals surface area contributed by atoms with Crippen LogP contribution in [0.1, 0.15) is 11.8 Å². The van der Waals surface area contributed by atoms with Crippen LogP contribution in [-0.2, 0) is 14.4 Å². The SMILES string of the molecule is CNOCC(=O)NCC#Cc1cn(C2OC(CO)C(O)C2O)c(=O)[nH]c1=O. The molecule has 1 saturated heterocycles. The van der Waals surface area contributed by atoms with Crippen molar-refractivity contribution >= 4 is 5.91 Å². The summed E-state index contributed by atoms with van der Waals surface area (Å²) in [4.78, 5) is 41.9. The van der Waals surface area contributed by atoms with Crippen molar-refractivity contribution in [2.24, 2.45) is 0 Å². The van der Waals surface area contributed by atoms with Crippen molar-refractivity contribution in [1.82, 2.24) is 20.3 Å². The summed E-state index contributed by atoms with van der Waals surface area (Å²) in [7, 11) is 1.50. The van der Waals surface area contributed by atoms with E-state index >= 15 is 0 Å². The number of aliphatic hydroxyl groups excluding tert-OH is 3. The predicted molar refractivity (Wildman–Crippen MR) is 89.2 cm³/mol. The van der Waals surface area contributed by atoms with Gasteiger partial charge in [-0.15, -0.1) is 0 Å². The normalized spacial score (nSPS) is 24.3. The molecule has 4 unspecified atom stereocenters. The van der Waals surface area contributed by atoms with Gasteiger partial charge in [0.2, 0.25) is 5.91 Å². The molecule has 4 atom stereocenters. The zero-order valence-electron chi connectivity index (χ0n) is 14.3. The van der Waals surface area contributed by atoms with Gasteiger partial charge in [0.05, 0.1) is 13.2 Å². The number of hydroxylamine groups is 1. The van der Waals surface area contributed by atoms with Gasteiger partial charge in [-0.05, 0) is 0 Å². The maximum absolute atomic E-state index is 12.0. The van der Waals surface area contributed by atoms with E-state index in [1.54, 1.807) is 0 Å². The summed E-state index contributed by atoms with van der Waals surface area (Å²) < 4.78 is 6.13. The molecule has 2 heterocycles. The molecule has 0 spiro atoms. The number of nitrogens with one attached hydrogen (secondary N) is 3. The van der Waals surface area contributed by atoms with E-state index in [1.807, 2.05) is 4.98 Å². The highest BCUT2D eigenvalue weighted by atomic mass is 16.6. The summed E-state index contributed by atoms with van der Waals surface area (Å²) in [5, 5.41) is 31.3. The van der Waals surface area contributed by atoms with Gasteiger partial charge >= 0.3 is 5.69 Å². The van der Waals surface area contributed by atoms with Crippen molar-refractivity contribution < 1.29 is 29.7 Å². The zero-order chi connectivity index (χ0) is 20.0. The topological polar surface area (TPSA) is 175 Å². The summed E-state index contributed by atoms with van der Waals surface area (Å²) in [6, 6.07) is 0. The molecule has 1 aromatic rings. The number of H-pyrrole nitrogens is 1. The highest BCUT2D eigenvalue weighted by Crippen LogP contribution is 2.27. The summed E-state index contributed by atoms with van der Waals surface area (Å²) in [5.41, 5.74) is 0.576. The number of rotatable bonds is 6. The summed E-state index contributed by atoms with van der Waals surface area (Å²) in [6.45, 7) is -0.844. The van der Waals surface area contributed by atoms with E-state index in [-0.39, 0.29) is 18.7 Å². The van der Waals surface area contributed by atoms with Crippen molar-refractivity contribution in [3.8, 4) is 11.8 Å². The summed E-state index contributed by atoms with van der Waals surface area (Å²) >= 11 is 0. The first-order valence-electron chi connectivity index (χ1n) is 7.91. The van der Waals surface area contributed by atoms with E-state index in [1.165, 1.54) is 7.05 Å². The van der Waals surface area contributed by atoms with Gasteiger partial charge in [-0.3, -0.25) is 24.0 Å². The molecule has 0 saturated carbocycles. The molecule has 0 bridgehead atoms. The van der Waals surface area contributed by atoms with Crippen molar-refractivity contribution in [2.75, 3.05) is 26.8 Å². The van der Waals surface area contributed by atoms with E-state index in [4.69, 9.17) is 9.84 Å². The molecule has 0 aromatic carbocycles. The molecule has 0 aliphatic carbocycles. The van der Waals surface area contributed by atoms with Gasteiger partial charge in [0.15, 0.2) is 6.23 Å². The smallest absolute Gasteiger partial charge is 0.330 e. The van der Waals surface area contributed by atoms with E-state index in [2.05, 4.69) is 27.5 Å². The van der Waals surface area contributed by atoms with Gasteiger partial charge in [-0.2, -0.15) is 0 Å². The maximum atomic E-state index is 12.0. The van der Waals surface area contributed by atoms with E-state index in [0.717, 1.165) is 10.8 Å². The molecule has 12 nitrogen and oxygen atoms in total. The monoisotopic (exact) mass is 384 g/mol. The molecule has 12 heteroatoms. The van der Waals surface area contributed by atoms with Crippen LogP contribution >= 0.6 is 0 Å². The van der Waals surface area contributed by atoms with Gasteiger partial charge in [-0.25, -0.2) is 10.3 Å². The fourth-order valence-electron chi connectivity index (χ4n) is 2.34. The number of aromatic nitrogens is 2. The molecule has 1 aromatic heterocycles. The Morgan fingerprint density at radius 3 is 2.78 bits per heavy atom. The van der Waals surface area contributed by atoms with Crippen molar-refractivity contribution in [1.29, 1.82) is 0 Å². The third-order valence-electron chi connectivity index (χ3n) is 3.70. The molecule has 6 N–H and O–H groups in total. The van der Waals surface area contributed by atoms with Gasteiger partial charge in [-0.1, -0.05) is 11.8 Å². The Balaban J connectivity index is 2.15. The van der Waals surface area contributed by atoms with Crippen molar-refractivity contribution in [2.45, 2.75) is 24.5 Å². The molecular weight excluding hydrogens is 364 g/mol. The van der Waals surface area contributed by atoms with Gasteiger partial charge in [0, 0.05) is 13.2 Å². The number of hydrogen-bond donors (Lipinski definition) is 6. The Morgan fingerprint density at radius 2 is 2.15 bits per heavy atom. The molecule has 0 radical (unpaired) electrons. The van der Waals surface area contributed by atoms with Crippen LogP contribution in [-0.4, -0.2) is 75.9 Å². The van der Waals surface area contributed by atoms with Crippen LogP contribution in [0.2, 0.25) is 0 Å². The van der Waals surface area contributed by atoms with Crippen LogP contribution in [0.3, 0.4) is 0 Å². The molecule has 1 aliphatic rings. The maximum Gasteiger partial charge on any atom is 0.330 e. The molecule has 1 fully saturated rings. The number of aromatic amines is 1. The third kappa shape index (κ3) is 5.01. The molecule has 2 rings (SSSR count). The lowest BCUT2D eigenvalue weighted by atomic mass is 10.1. The van der Waals surface area contributed by atoms with E-state index in [9.17, 15) is 24.6 Å². The number of ether oxygens (including phenoxy) is 1. The zero-order valence-corrected chi connectivity index (χ0v) is 14.3. The van der Waals surface area contributed by atoms with E-state index in [0.29, 0.717) is 0 Å². The Morgan fingerprint density at radius 1 is 1.41 bits per heavy atom. The molecule has 1 amide bonds. The third-order valence-corrected chi connectivity index (χ3v) is 3.70. The second-order valence-corrected chi connectivity index (χ2v) is 5.51. The van der Waals surface area contributed by atoms with Crippen LogP contribution in [0.15, 0.2) is 15.8 Å². The Labute approximate surface area is 152 Å². The Kier molecular flexibility index (Phi) is 7.25. The fraction of sp³-hybridized carbons (Fsp3) is 0.533. The molecule has 27 heavy (non-hydrogen) atoms. The number of nitrogens with zero attached hydrogens (tertiary/aromatic N) is 1.